The van der Waals surface area contributed by atoms with Gasteiger partial charge in [0, 0.05) is 24.9 Å². The van der Waals surface area contributed by atoms with Gasteiger partial charge in [-0.3, -0.25) is 4.79 Å². The molecule has 1 aromatic heterocycles. The van der Waals surface area contributed by atoms with Crippen molar-refractivity contribution in [1.82, 2.24) is 14.9 Å². The highest BCUT2D eigenvalue weighted by atomic mass is 32.2. The summed E-state index contributed by atoms with van der Waals surface area (Å²) >= 11 is 1.44. The number of thioether (sulfide) groups is 1. The van der Waals surface area contributed by atoms with Gasteiger partial charge in [0.25, 0.3) is 0 Å². The third-order valence-electron chi connectivity index (χ3n) is 4.26. The quantitative estimate of drug-likeness (QED) is 0.680. The van der Waals surface area contributed by atoms with Gasteiger partial charge in [-0.25, -0.2) is 4.98 Å². The largest absolute Gasteiger partial charge is 0.496 e. The molecule has 26 heavy (non-hydrogen) atoms. The van der Waals surface area contributed by atoms with Crippen LogP contribution >= 0.6 is 11.8 Å². The summed E-state index contributed by atoms with van der Waals surface area (Å²) in [5.41, 5.74) is 3.04. The van der Waals surface area contributed by atoms with E-state index in [1.54, 1.807) is 14.2 Å². The molecular weight excluding hydrogens is 350 g/mol. The molecule has 2 aromatic rings. The number of hydrogen-bond donors (Lipinski definition) is 1. The molecule has 1 atom stereocenters. The lowest BCUT2D eigenvalue weighted by atomic mass is 10.1. The molecule has 0 aliphatic heterocycles. The molecule has 0 fully saturated rings. The van der Waals surface area contributed by atoms with Crippen LogP contribution in [0.1, 0.15) is 29.9 Å². The minimum Gasteiger partial charge on any atom is -0.496 e. The van der Waals surface area contributed by atoms with Crippen LogP contribution in [0.25, 0.3) is 0 Å². The van der Waals surface area contributed by atoms with Gasteiger partial charge < -0.3 is 19.4 Å². The first kappa shape index (κ1) is 20.3. The number of aryl methyl sites for hydroxylation is 1. The average Bonchev–Trinajstić information content (AvgIpc) is 2.91. The Balaban J connectivity index is 1.97. The third-order valence-corrected chi connectivity index (χ3v) is 5.23. The van der Waals surface area contributed by atoms with E-state index in [-0.39, 0.29) is 11.9 Å². The Labute approximate surface area is 159 Å². The van der Waals surface area contributed by atoms with Crippen LogP contribution < -0.4 is 10.1 Å². The van der Waals surface area contributed by atoms with Crippen molar-refractivity contribution in [2.45, 2.75) is 38.5 Å². The fourth-order valence-corrected chi connectivity index (χ4v) is 3.62. The number of hydrogen-bond acceptors (Lipinski definition) is 5. The fraction of sp³-hybridized carbons (Fsp3) is 0.474. The van der Waals surface area contributed by atoms with E-state index < -0.39 is 0 Å². The van der Waals surface area contributed by atoms with Crippen LogP contribution in [0.3, 0.4) is 0 Å². The number of nitrogens with zero attached hydrogens (tertiary/aromatic N) is 2. The van der Waals surface area contributed by atoms with E-state index in [0.29, 0.717) is 12.4 Å². The number of aromatic nitrogens is 2. The normalized spacial score (nSPS) is 12.0. The molecule has 1 amide bonds. The van der Waals surface area contributed by atoms with E-state index in [1.807, 2.05) is 45.0 Å². The number of methoxy groups -OCH3 is 2. The maximum Gasteiger partial charge on any atom is 0.230 e. The number of amides is 1. The van der Waals surface area contributed by atoms with Crippen LogP contribution in [0.15, 0.2) is 29.4 Å². The summed E-state index contributed by atoms with van der Waals surface area (Å²) in [5, 5.41) is 3.87. The van der Waals surface area contributed by atoms with Crippen LogP contribution in [0.4, 0.5) is 0 Å². The van der Waals surface area contributed by atoms with Gasteiger partial charge in [-0.2, -0.15) is 0 Å². The standard InChI is InChI=1S/C19H27N3O3S/c1-13-15(3)22(10-11-24-4)19(21-13)26-12-18(23)20-14(2)16-8-6-7-9-17(16)25-5/h6-9,14H,10-12H2,1-5H3,(H,20,23)/t14-/m0/s1. The number of ether oxygens (including phenoxy) is 2. The maximum absolute atomic E-state index is 12.4. The Kier molecular flexibility index (Phi) is 7.53. The summed E-state index contributed by atoms with van der Waals surface area (Å²) in [6.07, 6.45) is 0. The summed E-state index contributed by atoms with van der Waals surface area (Å²) in [4.78, 5) is 17.0. The Morgan fingerprint density at radius 3 is 2.73 bits per heavy atom. The molecule has 0 bridgehead atoms. The monoisotopic (exact) mass is 377 g/mol. The predicted octanol–water partition coefficient (Wildman–Crippen LogP) is 3.12. The maximum atomic E-state index is 12.4. The molecule has 0 radical (unpaired) electrons. The molecular formula is C19H27N3O3S. The SMILES string of the molecule is COCCn1c(SCC(=O)N[C@@H](C)c2ccccc2OC)nc(C)c1C. The van der Waals surface area contributed by atoms with Crippen LogP contribution in [0.2, 0.25) is 0 Å². The van der Waals surface area contributed by atoms with Crippen molar-refractivity contribution in [3.63, 3.8) is 0 Å². The second kappa shape index (κ2) is 9.64. The van der Waals surface area contributed by atoms with Gasteiger partial charge >= 0.3 is 0 Å². The molecule has 0 unspecified atom stereocenters. The summed E-state index contributed by atoms with van der Waals surface area (Å²) in [6, 6.07) is 7.58. The molecule has 1 N–H and O–H groups in total. The second-order valence-electron chi connectivity index (χ2n) is 6.03. The van der Waals surface area contributed by atoms with Crippen LogP contribution in [-0.2, 0) is 16.1 Å². The molecule has 0 saturated carbocycles. The Hall–Kier alpha value is -1.99. The minimum atomic E-state index is -0.129. The molecule has 0 aliphatic rings. The first-order chi connectivity index (χ1) is 12.5. The lowest BCUT2D eigenvalue weighted by Gasteiger charge is -2.17. The smallest absolute Gasteiger partial charge is 0.230 e. The van der Waals surface area contributed by atoms with Gasteiger partial charge in [0.15, 0.2) is 5.16 Å². The molecule has 7 heteroatoms. The Morgan fingerprint density at radius 2 is 2.04 bits per heavy atom. The minimum absolute atomic E-state index is 0.0370. The van der Waals surface area contributed by atoms with E-state index in [4.69, 9.17) is 9.47 Å². The first-order valence-corrected chi connectivity index (χ1v) is 9.54. The van der Waals surface area contributed by atoms with Crippen molar-refractivity contribution in [3.8, 4) is 5.75 Å². The number of carbonyl (C=O) groups is 1. The lowest BCUT2D eigenvalue weighted by molar-refractivity contribution is -0.119. The van der Waals surface area contributed by atoms with E-state index in [9.17, 15) is 4.79 Å². The van der Waals surface area contributed by atoms with Gasteiger partial charge in [-0.05, 0) is 26.8 Å². The van der Waals surface area contributed by atoms with E-state index in [1.165, 1.54) is 11.8 Å². The van der Waals surface area contributed by atoms with Gasteiger partial charge in [0.1, 0.15) is 5.75 Å². The summed E-state index contributed by atoms with van der Waals surface area (Å²) in [5.74, 6) is 1.04. The van der Waals surface area contributed by atoms with Gasteiger partial charge in [0.2, 0.25) is 5.91 Å². The number of nitrogens with one attached hydrogen (secondary N) is 1. The van der Waals surface area contributed by atoms with Crippen LogP contribution in [0, 0.1) is 13.8 Å². The van der Waals surface area contributed by atoms with Gasteiger partial charge in [-0.1, -0.05) is 30.0 Å². The fourth-order valence-electron chi connectivity index (χ4n) is 2.69. The molecule has 1 aromatic carbocycles. The number of para-hydroxylation sites is 1. The molecule has 6 nitrogen and oxygen atoms in total. The highest BCUT2D eigenvalue weighted by Crippen LogP contribution is 2.25. The van der Waals surface area contributed by atoms with Crippen LogP contribution in [-0.4, -0.2) is 42.0 Å². The number of benzene rings is 1. The predicted molar refractivity (Wildman–Crippen MR) is 104 cm³/mol. The van der Waals surface area contributed by atoms with Gasteiger partial charge in [-0.15, -0.1) is 0 Å². The zero-order valence-electron chi connectivity index (χ0n) is 16.0. The zero-order chi connectivity index (χ0) is 19.1. The number of rotatable bonds is 9. The van der Waals surface area contributed by atoms with Gasteiger partial charge in [0.05, 0.1) is 31.2 Å². The zero-order valence-corrected chi connectivity index (χ0v) is 16.9. The first-order valence-electron chi connectivity index (χ1n) is 8.55. The highest BCUT2D eigenvalue weighted by molar-refractivity contribution is 7.99. The molecule has 0 aliphatic carbocycles. The third kappa shape index (κ3) is 5.02. The molecule has 0 spiro atoms. The van der Waals surface area contributed by atoms with Crippen molar-refractivity contribution in [2.24, 2.45) is 0 Å². The van der Waals surface area contributed by atoms with Crippen molar-refractivity contribution in [3.05, 3.63) is 41.2 Å². The van der Waals surface area contributed by atoms with E-state index in [2.05, 4.69) is 14.9 Å². The van der Waals surface area contributed by atoms with Crippen molar-refractivity contribution >= 4 is 17.7 Å². The molecule has 142 valence electrons. The van der Waals surface area contributed by atoms with Crippen molar-refractivity contribution in [1.29, 1.82) is 0 Å². The molecule has 0 saturated heterocycles. The van der Waals surface area contributed by atoms with E-state index >= 15 is 0 Å². The summed E-state index contributed by atoms with van der Waals surface area (Å²) in [6.45, 7) is 7.30. The summed E-state index contributed by atoms with van der Waals surface area (Å²) < 4.78 is 12.6. The van der Waals surface area contributed by atoms with E-state index in [0.717, 1.165) is 34.4 Å². The average molecular weight is 378 g/mol. The topological polar surface area (TPSA) is 65.4 Å². The summed E-state index contributed by atoms with van der Waals surface area (Å²) in [7, 11) is 3.31. The second-order valence-corrected chi connectivity index (χ2v) is 6.97. The number of imidazole rings is 1. The van der Waals surface area contributed by atoms with Crippen molar-refractivity contribution < 1.29 is 14.3 Å². The van der Waals surface area contributed by atoms with Crippen molar-refractivity contribution in [2.75, 3.05) is 26.6 Å². The lowest BCUT2D eigenvalue weighted by Crippen LogP contribution is -2.28. The molecule has 2 rings (SSSR count). The Bertz CT molecular complexity index is 746. The van der Waals surface area contributed by atoms with Crippen LogP contribution in [0.5, 0.6) is 5.75 Å². The Morgan fingerprint density at radius 1 is 1.31 bits per heavy atom. The highest BCUT2D eigenvalue weighted by Gasteiger charge is 2.16. The number of carbonyl (C=O) groups excluding carboxylic acids is 1. The molecule has 1 heterocycles.